The van der Waals surface area contributed by atoms with Crippen molar-refractivity contribution in [1.29, 1.82) is 0 Å². The van der Waals surface area contributed by atoms with E-state index in [0.717, 1.165) is 0 Å². The van der Waals surface area contributed by atoms with Gasteiger partial charge in [-0.2, -0.15) is 5.10 Å². The Hall–Kier alpha value is -1.56. The van der Waals surface area contributed by atoms with Gasteiger partial charge in [-0.05, 0) is 20.3 Å². The van der Waals surface area contributed by atoms with Crippen LogP contribution < -0.4 is 16.2 Å². The number of rotatable bonds is 5. The van der Waals surface area contributed by atoms with Crippen molar-refractivity contribution in [3.63, 3.8) is 0 Å². The van der Waals surface area contributed by atoms with Gasteiger partial charge in [-0.1, -0.05) is 0 Å². The quantitative estimate of drug-likeness (QED) is 0.741. The summed E-state index contributed by atoms with van der Waals surface area (Å²) in [5.74, 6) is 0.156. The molecule has 1 heterocycles. The van der Waals surface area contributed by atoms with Crippen molar-refractivity contribution >= 4 is 5.91 Å². The van der Waals surface area contributed by atoms with Crippen LogP contribution in [-0.4, -0.2) is 28.3 Å². The van der Waals surface area contributed by atoms with E-state index in [0.29, 0.717) is 12.2 Å². The molecule has 0 spiro atoms. The Morgan fingerprint density at radius 2 is 2.38 bits per heavy atom. The third kappa shape index (κ3) is 2.73. The van der Waals surface area contributed by atoms with Crippen LogP contribution in [0.25, 0.3) is 0 Å². The number of ether oxygens (including phenoxy) is 1. The van der Waals surface area contributed by atoms with Gasteiger partial charge in [0.05, 0.1) is 31.1 Å². The van der Waals surface area contributed by atoms with E-state index in [1.54, 1.807) is 31.1 Å². The van der Waals surface area contributed by atoms with Crippen LogP contribution in [0.1, 0.15) is 26.3 Å². The van der Waals surface area contributed by atoms with E-state index in [9.17, 15) is 4.79 Å². The van der Waals surface area contributed by atoms with Crippen molar-refractivity contribution in [2.24, 2.45) is 11.5 Å². The number of primary amides is 1. The molecule has 1 aromatic rings. The molecule has 2 atom stereocenters. The molecule has 1 rings (SSSR count). The number of methoxy groups -OCH3 is 1. The lowest BCUT2D eigenvalue weighted by atomic mass is 9.94. The Balaban J connectivity index is 2.72. The maximum atomic E-state index is 11.1. The van der Waals surface area contributed by atoms with Gasteiger partial charge in [-0.3, -0.25) is 9.48 Å². The van der Waals surface area contributed by atoms with E-state index < -0.39 is 11.4 Å². The van der Waals surface area contributed by atoms with Crippen molar-refractivity contribution < 1.29 is 9.53 Å². The average Bonchev–Trinajstić information content (AvgIpc) is 2.64. The summed E-state index contributed by atoms with van der Waals surface area (Å²) in [6.45, 7) is 3.53. The van der Waals surface area contributed by atoms with Crippen molar-refractivity contribution in [2.75, 3.05) is 7.11 Å². The minimum atomic E-state index is -1.03. The fourth-order valence-corrected chi connectivity index (χ4v) is 1.47. The summed E-state index contributed by atoms with van der Waals surface area (Å²) in [7, 11) is 1.57. The van der Waals surface area contributed by atoms with Gasteiger partial charge < -0.3 is 16.2 Å². The molecule has 0 saturated heterocycles. The first kappa shape index (κ1) is 12.5. The molecular formula is C10H18N4O2. The number of carbonyl (C=O) groups excluding carboxylic acids is 1. The molecule has 1 aromatic heterocycles. The fraction of sp³-hybridized carbons (Fsp3) is 0.600. The normalized spacial score (nSPS) is 16.5. The Morgan fingerprint density at radius 1 is 1.75 bits per heavy atom. The maximum absolute atomic E-state index is 11.1. The summed E-state index contributed by atoms with van der Waals surface area (Å²) in [6, 6.07) is -0.0219. The van der Waals surface area contributed by atoms with Crippen LogP contribution in [0.4, 0.5) is 0 Å². The Bertz CT molecular complexity index is 373. The summed E-state index contributed by atoms with van der Waals surface area (Å²) in [5, 5.41) is 4.11. The molecule has 0 aliphatic heterocycles. The highest BCUT2D eigenvalue weighted by molar-refractivity contribution is 5.83. The van der Waals surface area contributed by atoms with Crippen LogP contribution in [0.15, 0.2) is 12.4 Å². The lowest BCUT2D eigenvalue weighted by Crippen LogP contribution is -2.50. The van der Waals surface area contributed by atoms with Crippen molar-refractivity contribution in [2.45, 2.75) is 31.8 Å². The lowest BCUT2D eigenvalue weighted by Gasteiger charge is -2.24. The number of nitrogens with zero attached hydrogens (tertiary/aromatic N) is 2. The summed E-state index contributed by atoms with van der Waals surface area (Å²) in [6.07, 6.45) is 3.78. The zero-order chi connectivity index (χ0) is 12.3. The summed E-state index contributed by atoms with van der Waals surface area (Å²) >= 11 is 0. The SMILES string of the molecule is COc1cnn(C(C)CC(C)(N)C(N)=O)c1. The van der Waals surface area contributed by atoms with E-state index in [-0.39, 0.29) is 6.04 Å². The molecule has 90 valence electrons. The molecule has 1 amide bonds. The largest absolute Gasteiger partial charge is 0.493 e. The van der Waals surface area contributed by atoms with Crippen LogP contribution in [0, 0.1) is 0 Å². The molecule has 0 aliphatic rings. The maximum Gasteiger partial charge on any atom is 0.237 e. The second-order valence-corrected chi connectivity index (χ2v) is 4.20. The molecular weight excluding hydrogens is 208 g/mol. The molecule has 6 nitrogen and oxygen atoms in total. The van der Waals surface area contributed by atoms with E-state index in [1.807, 2.05) is 6.92 Å². The van der Waals surface area contributed by atoms with Crippen molar-refractivity contribution in [3.05, 3.63) is 12.4 Å². The van der Waals surface area contributed by atoms with Gasteiger partial charge in [0.1, 0.15) is 0 Å². The first-order chi connectivity index (χ1) is 7.36. The fourth-order valence-electron chi connectivity index (χ4n) is 1.47. The van der Waals surface area contributed by atoms with Crippen LogP contribution in [-0.2, 0) is 4.79 Å². The zero-order valence-corrected chi connectivity index (χ0v) is 9.80. The molecule has 16 heavy (non-hydrogen) atoms. The molecule has 0 aliphatic carbocycles. The average molecular weight is 226 g/mol. The molecule has 0 saturated carbocycles. The van der Waals surface area contributed by atoms with Crippen LogP contribution >= 0.6 is 0 Å². The highest BCUT2D eigenvalue weighted by Crippen LogP contribution is 2.20. The second kappa shape index (κ2) is 4.52. The topological polar surface area (TPSA) is 96.2 Å². The minimum Gasteiger partial charge on any atom is -0.493 e. The van der Waals surface area contributed by atoms with Crippen molar-refractivity contribution in [3.8, 4) is 5.75 Å². The van der Waals surface area contributed by atoms with Crippen LogP contribution in [0.3, 0.4) is 0 Å². The number of hydrogen-bond donors (Lipinski definition) is 2. The van der Waals surface area contributed by atoms with E-state index in [1.165, 1.54) is 0 Å². The Labute approximate surface area is 94.5 Å². The van der Waals surface area contributed by atoms with E-state index in [4.69, 9.17) is 16.2 Å². The molecule has 2 unspecified atom stereocenters. The van der Waals surface area contributed by atoms with Crippen LogP contribution in [0.5, 0.6) is 5.75 Å². The molecule has 6 heteroatoms. The molecule has 0 bridgehead atoms. The molecule has 4 N–H and O–H groups in total. The number of amides is 1. The number of hydrogen-bond acceptors (Lipinski definition) is 4. The van der Waals surface area contributed by atoms with Gasteiger partial charge in [0.2, 0.25) is 5.91 Å². The minimum absolute atomic E-state index is 0.0219. The Kier molecular flexibility index (Phi) is 3.54. The van der Waals surface area contributed by atoms with Crippen molar-refractivity contribution in [1.82, 2.24) is 9.78 Å². The van der Waals surface area contributed by atoms with Crippen LogP contribution in [0.2, 0.25) is 0 Å². The van der Waals surface area contributed by atoms with Gasteiger partial charge in [0.25, 0.3) is 0 Å². The smallest absolute Gasteiger partial charge is 0.237 e. The first-order valence-electron chi connectivity index (χ1n) is 5.03. The van der Waals surface area contributed by atoms with Gasteiger partial charge in [-0.15, -0.1) is 0 Å². The number of carbonyl (C=O) groups is 1. The van der Waals surface area contributed by atoms with E-state index in [2.05, 4.69) is 5.10 Å². The molecule has 0 fully saturated rings. The number of aromatic nitrogens is 2. The highest BCUT2D eigenvalue weighted by Gasteiger charge is 2.28. The third-order valence-electron chi connectivity index (χ3n) is 2.55. The zero-order valence-electron chi connectivity index (χ0n) is 9.80. The third-order valence-corrected chi connectivity index (χ3v) is 2.55. The summed E-state index contributed by atoms with van der Waals surface area (Å²) in [4.78, 5) is 11.1. The van der Waals surface area contributed by atoms with Gasteiger partial charge in [0, 0.05) is 0 Å². The monoisotopic (exact) mass is 226 g/mol. The highest BCUT2D eigenvalue weighted by atomic mass is 16.5. The molecule has 0 aromatic carbocycles. The van der Waals surface area contributed by atoms with E-state index >= 15 is 0 Å². The van der Waals surface area contributed by atoms with Gasteiger partial charge in [-0.25, -0.2) is 0 Å². The first-order valence-corrected chi connectivity index (χ1v) is 5.03. The van der Waals surface area contributed by atoms with Gasteiger partial charge in [0.15, 0.2) is 5.75 Å². The lowest BCUT2D eigenvalue weighted by molar-refractivity contribution is -0.123. The van der Waals surface area contributed by atoms with Gasteiger partial charge >= 0.3 is 0 Å². The predicted octanol–water partition coefficient (Wildman–Crippen LogP) is 0.0455. The second-order valence-electron chi connectivity index (χ2n) is 4.20. The summed E-state index contributed by atoms with van der Waals surface area (Å²) in [5.41, 5.74) is 9.97. The summed E-state index contributed by atoms with van der Waals surface area (Å²) < 4.78 is 6.72. The molecule has 0 radical (unpaired) electrons. The number of nitrogens with two attached hydrogens (primary N) is 2. The Morgan fingerprint density at radius 3 is 2.81 bits per heavy atom. The standard InChI is InChI=1S/C10H18N4O2/c1-7(4-10(2,12)9(11)15)14-6-8(16-3)5-13-14/h5-7H,4,12H2,1-3H3,(H2,11,15). The predicted molar refractivity (Wildman–Crippen MR) is 59.9 cm³/mol.